The van der Waals surface area contributed by atoms with Crippen LogP contribution in [0.3, 0.4) is 0 Å². The van der Waals surface area contributed by atoms with Crippen LogP contribution in [-0.4, -0.2) is 35.1 Å². The van der Waals surface area contributed by atoms with Crippen LogP contribution in [0.15, 0.2) is 71.6 Å². The molecule has 0 unspecified atom stereocenters. The summed E-state index contributed by atoms with van der Waals surface area (Å²) in [5.74, 6) is -5.48. The van der Waals surface area contributed by atoms with Crippen molar-refractivity contribution in [1.29, 1.82) is 0 Å². The number of imide groups is 1. The minimum Gasteiger partial charge on any atom is -0.490 e. The van der Waals surface area contributed by atoms with Crippen LogP contribution in [-0.2, 0) is 16.2 Å². The fourth-order valence-electron chi connectivity index (χ4n) is 4.39. The average molecular weight is 718 g/mol. The van der Waals surface area contributed by atoms with Gasteiger partial charge in [-0.15, -0.1) is 0 Å². The van der Waals surface area contributed by atoms with E-state index in [4.69, 9.17) is 9.47 Å². The van der Waals surface area contributed by atoms with Gasteiger partial charge in [-0.3, -0.25) is 19.3 Å². The van der Waals surface area contributed by atoms with Crippen molar-refractivity contribution in [2.45, 2.75) is 13.5 Å². The third-order valence-electron chi connectivity index (χ3n) is 6.37. The van der Waals surface area contributed by atoms with Crippen LogP contribution in [0.1, 0.15) is 18.1 Å². The maximum atomic E-state index is 13.9. The molecule has 0 radical (unpaired) electrons. The normalized spacial score (nSPS) is 14.1. The molecule has 43 heavy (non-hydrogen) atoms. The summed E-state index contributed by atoms with van der Waals surface area (Å²) in [6.07, 6.45) is 1.50. The van der Waals surface area contributed by atoms with Crippen molar-refractivity contribution < 1.29 is 37.0 Å². The van der Waals surface area contributed by atoms with Crippen LogP contribution in [0.2, 0.25) is 0 Å². The molecule has 3 amide bonds. The summed E-state index contributed by atoms with van der Waals surface area (Å²) in [6, 6.07) is 19.0. The van der Waals surface area contributed by atoms with E-state index in [9.17, 15) is 27.6 Å². The number of ether oxygens (including phenoxy) is 2. The van der Waals surface area contributed by atoms with E-state index in [2.05, 4.69) is 27.9 Å². The molecule has 220 valence electrons. The first-order chi connectivity index (χ1) is 20.7. The summed E-state index contributed by atoms with van der Waals surface area (Å²) in [5.41, 5.74) is 0.946. The fraction of sp³-hybridized carbons (Fsp3) is 0.129. The molecule has 5 rings (SSSR count). The Labute approximate surface area is 262 Å². The number of anilines is 1. The van der Waals surface area contributed by atoms with Crippen molar-refractivity contribution in [3.05, 3.63) is 104 Å². The monoisotopic (exact) mass is 718 g/mol. The molecule has 0 spiro atoms. The smallest absolute Gasteiger partial charge is 0.294 e. The fourth-order valence-corrected chi connectivity index (χ4v) is 6.01. The number of hydrogen-bond donors (Lipinski definition) is 1. The number of thioether (sulfide) groups is 1. The van der Waals surface area contributed by atoms with E-state index in [1.54, 1.807) is 12.1 Å². The van der Waals surface area contributed by atoms with Gasteiger partial charge < -0.3 is 14.8 Å². The Morgan fingerprint density at radius 2 is 1.77 bits per heavy atom. The van der Waals surface area contributed by atoms with Crippen molar-refractivity contribution in [2.75, 3.05) is 18.5 Å². The summed E-state index contributed by atoms with van der Waals surface area (Å²) < 4.78 is 53.4. The van der Waals surface area contributed by atoms with E-state index in [1.807, 2.05) is 49.4 Å². The minimum atomic E-state index is -1.75. The lowest BCUT2D eigenvalue weighted by atomic mass is 10.1. The van der Waals surface area contributed by atoms with E-state index in [-0.39, 0.29) is 4.91 Å². The van der Waals surface area contributed by atoms with Crippen LogP contribution < -0.4 is 14.8 Å². The zero-order valence-corrected chi connectivity index (χ0v) is 25.4. The predicted molar refractivity (Wildman–Crippen MR) is 166 cm³/mol. The number of nitrogens with one attached hydrogen (secondary N) is 1. The van der Waals surface area contributed by atoms with Crippen LogP contribution in [0.5, 0.6) is 11.5 Å². The second-order valence-corrected chi connectivity index (χ2v) is 11.4. The van der Waals surface area contributed by atoms with Gasteiger partial charge in [-0.25, -0.2) is 13.2 Å². The van der Waals surface area contributed by atoms with E-state index < -0.39 is 46.7 Å². The number of nitrogens with zero attached hydrogens (tertiary/aromatic N) is 1. The molecule has 0 saturated carbocycles. The average Bonchev–Trinajstić information content (AvgIpc) is 3.24. The van der Waals surface area contributed by atoms with Crippen LogP contribution in [0.25, 0.3) is 16.8 Å². The Balaban J connectivity index is 1.32. The molecular weight excluding hydrogens is 696 g/mol. The number of hydrogen-bond acceptors (Lipinski definition) is 6. The zero-order chi connectivity index (χ0) is 30.7. The number of fused-ring (bicyclic) bond motifs is 1. The third-order valence-corrected chi connectivity index (χ3v) is 8.07. The number of benzene rings is 4. The molecule has 1 fully saturated rings. The van der Waals surface area contributed by atoms with E-state index >= 15 is 0 Å². The first-order valence-corrected chi connectivity index (χ1v) is 14.8. The van der Waals surface area contributed by atoms with Gasteiger partial charge in [-0.2, -0.15) is 0 Å². The highest BCUT2D eigenvalue weighted by Gasteiger charge is 2.36. The Bertz CT molecular complexity index is 1790. The van der Waals surface area contributed by atoms with Crippen molar-refractivity contribution in [2.24, 2.45) is 0 Å². The molecule has 1 aliphatic rings. The number of carbonyl (C=O) groups is 3. The van der Waals surface area contributed by atoms with Gasteiger partial charge in [0.1, 0.15) is 13.2 Å². The SMILES string of the molecule is CCOc1cc(/C=C2/SC(=O)N(CC(=O)Nc3ccc(F)c(F)c3F)C2=O)cc(I)c1OCc1cccc2ccccc12. The number of rotatable bonds is 9. The predicted octanol–water partition coefficient (Wildman–Crippen LogP) is 7.51. The van der Waals surface area contributed by atoms with Crippen LogP contribution in [0.4, 0.5) is 23.7 Å². The molecule has 0 atom stereocenters. The van der Waals surface area contributed by atoms with Gasteiger partial charge >= 0.3 is 0 Å². The van der Waals surface area contributed by atoms with Gasteiger partial charge in [0.2, 0.25) is 5.91 Å². The standard InChI is InChI=1S/C31H22F3IN2O5S/c1-2-41-24-13-17(12-22(35)29(24)42-16-19-8-5-7-18-6-3-4-9-20(18)19)14-25-30(39)37(31(40)43-25)15-26(38)36-23-11-10-21(32)27(33)28(23)34/h3-14H,2,15-16H2,1H3,(H,36,38)/b25-14+. The topological polar surface area (TPSA) is 84.9 Å². The van der Waals surface area contributed by atoms with Gasteiger partial charge in [0.05, 0.1) is 20.8 Å². The summed E-state index contributed by atoms with van der Waals surface area (Å²) in [4.78, 5) is 38.7. The molecule has 4 aromatic rings. The molecule has 1 saturated heterocycles. The summed E-state index contributed by atoms with van der Waals surface area (Å²) in [6.45, 7) is 1.74. The molecule has 1 aliphatic heterocycles. The molecule has 0 aromatic heterocycles. The first kappa shape index (κ1) is 30.4. The molecule has 1 N–H and O–H groups in total. The second-order valence-electron chi connectivity index (χ2n) is 9.23. The van der Waals surface area contributed by atoms with Gasteiger partial charge in [0, 0.05) is 0 Å². The zero-order valence-electron chi connectivity index (χ0n) is 22.5. The van der Waals surface area contributed by atoms with Crippen molar-refractivity contribution in [3.8, 4) is 11.5 Å². The van der Waals surface area contributed by atoms with Crippen LogP contribution in [0, 0.1) is 21.0 Å². The molecule has 0 bridgehead atoms. The Morgan fingerprint density at radius 3 is 2.56 bits per heavy atom. The van der Waals surface area contributed by atoms with E-state index in [0.717, 1.165) is 22.4 Å². The number of amides is 3. The first-order valence-electron chi connectivity index (χ1n) is 12.9. The largest absolute Gasteiger partial charge is 0.490 e. The molecule has 4 aromatic carbocycles. The summed E-state index contributed by atoms with van der Waals surface area (Å²) >= 11 is 2.74. The maximum Gasteiger partial charge on any atom is 0.294 e. The lowest BCUT2D eigenvalue weighted by Crippen LogP contribution is -2.36. The molecule has 0 aliphatic carbocycles. The Morgan fingerprint density at radius 1 is 1.00 bits per heavy atom. The molecular formula is C31H22F3IN2O5S. The highest BCUT2D eigenvalue weighted by atomic mass is 127. The third kappa shape index (κ3) is 6.64. The van der Waals surface area contributed by atoms with Gasteiger partial charge in [0.25, 0.3) is 11.1 Å². The molecule has 12 heteroatoms. The summed E-state index contributed by atoms with van der Waals surface area (Å²) in [7, 11) is 0. The Hall–Kier alpha value is -4.04. The highest BCUT2D eigenvalue weighted by molar-refractivity contribution is 14.1. The maximum absolute atomic E-state index is 13.9. The lowest BCUT2D eigenvalue weighted by Gasteiger charge is -2.16. The van der Waals surface area contributed by atoms with Gasteiger partial charge in [-0.05, 0) is 93.5 Å². The van der Waals surface area contributed by atoms with Crippen molar-refractivity contribution in [1.82, 2.24) is 4.90 Å². The summed E-state index contributed by atoms with van der Waals surface area (Å²) in [5, 5.41) is 3.51. The number of halogens is 4. The van der Waals surface area contributed by atoms with Gasteiger partial charge in [-0.1, -0.05) is 42.5 Å². The van der Waals surface area contributed by atoms with Crippen molar-refractivity contribution >= 4 is 73.9 Å². The minimum absolute atomic E-state index is 0.0551. The molecule has 1 heterocycles. The second kappa shape index (κ2) is 13.1. The van der Waals surface area contributed by atoms with Crippen molar-refractivity contribution in [3.63, 3.8) is 0 Å². The Kier molecular flexibility index (Phi) is 9.25. The highest BCUT2D eigenvalue weighted by Crippen LogP contribution is 2.38. The quantitative estimate of drug-likeness (QED) is 0.110. The molecule has 7 nitrogen and oxygen atoms in total. The number of carbonyl (C=O) groups excluding carboxylic acids is 3. The van der Waals surface area contributed by atoms with E-state index in [0.29, 0.717) is 56.6 Å². The van der Waals surface area contributed by atoms with E-state index in [1.165, 1.54) is 6.08 Å². The van der Waals surface area contributed by atoms with Crippen LogP contribution >= 0.6 is 34.4 Å². The van der Waals surface area contributed by atoms with Gasteiger partial charge in [0.15, 0.2) is 29.0 Å². The lowest BCUT2D eigenvalue weighted by molar-refractivity contribution is -0.127.